The Morgan fingerprint density at radius 1 is 1.36 bits per heavy atom. The van der Waals surface area contributed by atoms with Crippen molar-refractivity contribution in [1.29, 1.82) is 0 Å². The summed E-state index contributed by atoms with van der Waals surface area (Å²) in [7, 11) is 0. The Balaban J connectivity index is 2.90. The molecule has 1 aromatic carbocycles. The van der Waals surface area contributed by atoms with Crippen LogP contribution in [0.3, 0.4) is 0 Å². The highest BCUT2D eigenvalue weighted by Gasteiger charge is 2.04. The number of aryl methyl sites for hydroxylation is 2. The summed E-state index contributed by atoms with van der Waals surface area (Å²) in [4.78, 5) is 11.6. The summed E-state index contributed by atoms with van der Waals surface area (Å²) in [5, 5.41) is 1.67. The molecule has 0 fully saturated rings. The molecule has 2 rings (SSSR count). The Hall–Kier alpha value is -1.57. The van der Waals surface area contributed by atoms with Crippen LogP contribution in [0.15, 0.2) is 33.5 Å². The summed E-state index contributed by atoms with van der Waals surface area (Å²) in [6.07, 6.45) is 0.749. The molecule has 0 saturated carbocycles. The van der Waals surface area contributed by atoms with E-state index in [0.29, 0.717) is 5.39 Å². The highest BCUT2D eigenvalue weighted by molar-refractivity contribution is 5.84. The zero-order valence-electron chi connectivity index (χ0n) is 8.33. The Bertz CT molecular complexity index is 523. The molecular weight excluding hydrogens is 176 g/mol. The molecule has 0 aliphatic heterocycles. The fourth-order valence-corrected chi connectivity index (χ4v) is 1.64. The lowest BCUT2D eigenvalue weighted by Gasteiger charge is -2.01. The quantitative estimate of drug-likeness (QED) is 0.688. The molecule has 72 valence electrons. The third-order valence-corrected chi connectivity index (χ3v) is 2.40. The fourth-order valence-electron chi connectivity index (χ4n) is 1.64. The molecule has 0 radical (unpaired) electrons. The lowest BCUT2D eigenvalue weighted by atomic mass is 10.1. The summed E-state index contributed by atoms with van der Waals surface area (Å²) in [6, 6.07) is 7.75. The van der Waals surface area contributed by atoms with Crippen LogP contribution in [0.4, 0.5) is 0 Å². The minimum atomic E-state index is -0.225. The predicted octanol–water partition coefficient (Wildman–Crippen LogP) is 2.66. The van der Waals surface area contributed by atoms with Gasteiger partial charge in [-0.1, -0.05) is 25.1 Å². The Morgan fingerprint density at radius 2 is 2.14 bits per heavy atom. The Kier molecular flexibility index (Phi) is 2.12. The zero-order chi connectivity index (χ0) is 10.1. The first kappa shape index (κ1) is 9.00. The average molecular weight is 188 g/mol. The summed E-state index contributed by atoms with van der Waals surface area (Å²) in [6.45, 7) is 3.89. The van der Waals surface area contributed by atoms with Crippen LogP contribution in [0, 0.1) is 6.92 Å². The smallest absolute Gasteiger partial charge is 0.344 e. The van der Waals surface area contributed by atoms with Crippen LogP contribution in [0.5, 0.6) is 0 Å². The minimum Gasteiger partial charge on any atom is -0.427 e. The maximum Gasteiger partial charge on any atom is 0.344 e. The molecule has 0 N–H and O–H groups in total. The number of hydrogen-bond acceptors (Lipinski definition) is 2. The van der Waals surface area contributed by atoms with Crippen molar-refractivity contribution in [2.24, 2.45) is 0 Å². The first-order valence-electron chi connectivity index (χ1n) is 4.74. The molecule has 0 saturated heterocycles. The largest absolute Gasteiger partial charge is 0.427 e. The van der Waals surface area contributed by atoms with Crippen molar-refractivity contribution in [1.82, 2.24) is 0 Å². The first-order chi connectivity index (χ1) is 6.72. The first-order valence-corrected chi connectivity index (χ1v) is 4.74. The van der Waals surface area contributed by atoms with Crippen LogP contribution >= 0.6 is 0 Å². The molecule has 14 heavy (non-hydrogen) atoms. The number of hydrogen-bond donors (Lipinski definition) is 0. The van der Waals surface area contributed by atoms with Crippen molar-refractivity contribution >= 4 is 10.8 Å². The van der Waals surface area contributed by atoms with Gasteiger partial charge in [0.25, 0.3) is 0 Å². The average Bonchev–Trinajstić information content (AvgIpc) is 2.17. The monoisotopic (exact) mass is 188 g/mol. The molecule has 0 unspecified atom stereocenters. The normalized spacial score (nSPS) is 10.7. The van der Waals surface area contributed by atoms with E-state index < -0.39 is 0 Å². The highest BCUT2D eigenvalue weighted by atomic mass is 16.4. The van der Waals surface area contributed by atoms with E-state index in [9.17, 15) is 4.79 Å². The molecule has 0 amide bonds. The van der Waals surface area contributed by atoms with E-state index in [0.717, 1.165) is 23.1 Å². The van der Waals surface area contributed by atoms with Crippen molar-refractivity contribution in [2.75, 3.05) is 0 Å². The molecular formula is C12H12O2. The van der Waals surface area contributed by atoms with E-state index in [1.54, 1.807) is 0 Å². The van der Waals surface area contributed by atoms with Gasteiger partial charge in [0.2, 0.25) is 0 Å². The van der Waals surface area contributed by atoms with Crippen LogP contribution in [0.1, 0.15) is 18.2 Å². The van der Waals surface area contributed by atoms with Crippen molar-refractivity contribution < 1.29 is 4.42 Å². The predicted molar refractivity (Wildman–Crippen MR) is 56.6 cm³/mol. The van der Waals surface area contributed by atoms with Crippen LogP contribution in [-0.2, 0) is 6.42 Å². The van der Waals surface area contributed by atoms with Crippen LogP contribution in [0.2, 0.25) is 0 Å². The Labute approximate surface area is 82.2 Å². The van der Waals surface area contributed by atoms with Gasteiger partial charge < -0.3 is 4.42 Å². The topological polar surface area (TPSA) is 30.2 Å². The summed E-state index contributed by atoms with van der Waals surface area (Å²) in [5.74, 6) is 0.744. The van der Waals surface area contributed by atoms with E-state index in [1.807, 2.05) is 38.1 Å². The zero-order valence-corrected chi connectivity index (χ0v) is 8.33. The number of rotatable bonds is 1. The van der Waals surface area contributed by atoms with Crippen molar-refractivity contribution in [2.45, 2.75) is 20.3 Å². The molecule has 1 heterocycles. The van der Waals surface area contributed by atoms with Gasteiger partial charge in [0.15, 0.2) is 0 Å². The van der Waals surface area contributed by atoms with Gasteiger partial charge in [-0.05, 0) is 23.9 Å². The van der Waals surface area contributed by atoms with Crippen LogP contribution < -0.4 is 5.63 Å². The van der Waals surface area contributed by atoms with E-state index >= 15 is 0 Å². The fraction of sp³-hybridized carbons (Fsp3) is 0.250. The molecule has 2 aromatic rings. The highest BCUT2D eigenvalue weighted by Crippen LogP contribution is 2.15. The molecule has 0 atom stereocenters. The third-order valence-electron chi connectivity index (χ3n) is 2.40. The maximum atomic E-state index is 11.6. The second-order valence-electron chi connectivity index (χ2n) is 3.39. The van der Waals surface area contributed by atoms with Gasteiger partial charge in [-0.25, -0.2) is 4.79 Å². The van der Waals surface area contributed by atoms with Crippen molar-refractivity contribution in [3.8, 4) is 0 Å². The van der Waals surface area contributed by atoms with E-state index in [-0.39, 0.29) is 5.63 Å². The second kappa shape index (κ2) is 3.29. The Morgan fingerprint density at radius 3 is 2.86 bits per heavy atom. The van der Waals surface area contributed by atoms with Gasteiger partial charge in [-0.15, -0.1) is 0 Å². The molecule has 0 aliphatic carbocycles. The minimum absolute atomic E-state index is 0.225. The van der Waals surface area contributed by atoms with Gasteiger partial charge in [0.1, 0.15) is 5.76 Å². The maximum absolute atomic E-state index is 11.6. The van der Waals surface area contributed by atoms with Gasteiger partial charge in [-0.3, -0.25) is 0 Å². The van der Waals surface area contributed by atoms with Crippen LogP contribution in [0.25, 0.3) is 10.8 Å². The van der Waals surface area contributed by atoms with Gasteiger partial charge in [-0.2, -0.15) is 0 Å². The van der Waals surface area contributed by atoms with Crippen LogP contribution in [-0.4, -0.2) is 0 Å². The molecule has 2 nitrogen and oxygen atoms in total. The summed E-state index contributed by atoms with van der Waals surface area (Å²) in [5.41, 5.74) is 0.747. The standard InChI is InChI=1S/C12H12O2/c1-3-10-7-9-6-4-5-8(2)11(9)12(13)14-10/h4-7H,3H2,1-2H3. The summed E-state index contributed by atoms with van der Waals surface area (Å²) < 4.78 is 5.16. The molecule has 0 aliphatic rings. The molecule has 2 heteroatoms. The molecule has 1 aromatic heterocycles. The second-order valence-corrected chi connectivity index (χ2v) is 3.39. The third kappa shape index (κ3) is 1.33. The van der Waals surface area contributed by atoms with Gasteiger partial charge in [0, 0.05) is 6.42 Å². The number of fused-ring (bicyclic) bond motifs is 1. The summed E-state index contributed by atoms with van der Waals surface area (Å²) >= 11 is 0. The van der Waals surface area contributed by atoms with Gasteiger partial charge >= 0.3 is 5.63 Å². The van der Waals surface area contributed by atoms with Crippen molar-refractivity contribution in [3.05, 3.63) is 46.0 Å². The van der Waals surface area contributed by atoms with E-state index in [4.69, 9.17) is 4.42 Å². The van der Waals surface area contributed by atoms with Crippen molar-refractivity contribution in [3.63, 3.8) is 0 Å². The molecule has 0 bridgehead atoms. The molecule has 0 spiro atoms. The lowest BCUT2D eigenvalue weighted by molar-refractivity contribution is 0.472. The lowest BCUT2D eigenvalue weighted by Crippen LogP contribution is -2.03. The van der Waals surface area contributed by atoms with Gasteiger partial charge in [0.05, 0.1) is 5.39 Å². The van der Waals surface area contributed by atoms with E-state index in [1.165, 1.54) is 0 Å². The number of benzene rings is 1. The SMILES string of the molecule is CCc1cc2cccc(C)c2c(=O)o1. The van der Waals surface area contributed by atoms with E-state index in [2.05, 4.69) is 0 Å².